The SMILES string of the molecule is CC(C)CNC(=S)NC1CC2CCC1C2. The predicted octanol–water partition coefficient (Wildman–Crippen LogP) is 2.30. The highest BCUT2D eigenvalue weighted by molar-refractivity contribution is 7.80. The molecule has 0 aliphatic heterocycles. The molecule has 2 aliphatic rings. The van der Waals surface area contributed by atoms with Gasteiger partial charge in [0.15, 0.2) is 5.11 Å². The van der Waals surface area contributed by atoms with Gasteiger partial charge in [0.05, 0.1) is 0 Å². The van der Waals surface area contributed by atoms with Gasteiger partial charge in [-0.25, -0.2) is 0 Å². The zero-order valence-electron chi connectivity index (χ0n) is 9.75. The van der Waals surface area contributed by atoms with E-state index in [9.17, 15) is 0 Å². The summed E-state index contributed by atoms with van der Waals surface area (Å²) >= 11 is 5.30. The molecular weight excluding hydrogens is 204 g/mol. The average molecular weight is 226 g/mol. The molecule has 3 atom stereocenters. The Balaban J connectivity index is 1.71. The maximum atomic E-state index is 5.30. The van der Waals surface area contributed by atoms with Crippen LogP contribution in [-0.4, -0.2) is 17.7 Å². The molecule has 15 heavy (non-hydrogen) atoms. The van der Waals surface area contributed by atoms with E-state index in [2.05, 4.69) is 24.5 Å². The number of fused-ring (bicyclic) bond motifs is 2. The standard InChI is InChI=1S/C12H22N2S/c1-8(2)7-13-12(15)14-11-6-9-3-4-10(11)5-9/h8-11H,3-7H2,1-2H3,(H2,13,14,15). The van der Waals surface area contributed by atoms with Gasteiger partial charge in [-0.3, -0.25) is 0 Å². The topological polar surface area (TPSA) is 24.1 Å². The Labute approximate surface area is 98.2 Å². The van der Waals surface area contributed by atoms with Gasteiger partial charge in [-0.05, 0) is 49.2 Å². The highest BCUT2D eigenvalue weighted by Crippen LogP contribution is 2.44. The maximum absolute atomic E-state index is 5.30. The van der Waals surface area contributed by atoms with E-state index in [0.29, 0.717) is 12.0 Å². The zero-order valence-corrected chi connectivity index (χ0v) is 10.6. The minimum atomic E-state index is 0.657. The number of rotatable bonds is 3. The van der Waals surface area contributed by atoms with Crippen molar-refractivity contribution in [3.8, 4) is 0 Å². The highest BCUT2D eigenvalue weighted by Gasteiger charge is 2.39. The minimum Gasteiger partial charge on any atom is -0.362 e. The van der Waals surface area contributed by atoms with E-state index in [1.165, 1.54) is 25.7 Å². The quantitative estimate of drug-likeness (QED) is 0.722. The van der Waals surface area contributed by atoms with Gasteiger partial charge >= 0.3 is 0 Å². The van der Waals surface area contributed by atoms with Crippen LogP contribution < -0.4 is 10.6 Å². The first-order chi connectivity index (χ1) is 7.15. The molecule has 0 aromatic carbocycles. The minimum absolute atomic E-state index is 0.657. The molecule has 0 saturated heterocycles. The molecule has 0 heterocycles. The summed E-state index contributed by atoms with van der Waals surface area (Å²) in [4.78, 5) is 0. The first-order valence-electron chi connectivity index (χ1n) is 6.19. The van der Waals surface area contributed by atoms with Crippen LogP contribution in [0.4, 0.5) is 0 Å². The third-order valence-corrected chi connectivity index (χ3v) is 3.99. The third-order valence-electron chi connectivity index (χ3n) is 3.73. The van der Waals surface area contributed by atoms with Gasteiger partial charge in [0, 0.05) is 12.6 Å². The van der Waals surface area contributed by atoms with Crippen LogP contribution in [0.15, 0.2) is 0 Å². The van der Waals surface area contributed by atoms with Crippen molar-refractivity contribution in [2.45, 2.75) is 45.6 Å². The summed E-state index contributed by atoms with van der Waals surface area (Å²) in [5, 5.41) is 7.64. The summed E-state index contributed by atoms with van der Waals surface area (Å²) in [7, 11) is 0. The Kier molecular flexibility index (Phi) is 3.49. The molecule has 2 bridgehead atoms. The molecule has 86 valence electrons. The van der Waals surface area contributed by atoms with E-state index in [1.807, 2.05) is 0 Å². The summed E-state index contributed by atoms with van der Waals surface area (Å²) in [5.41, 5.74) is 0. The lowest BCUT2D eigenvalue weighted by molar-refractivity contribution is 0.388. The lowest BCUT2D eigenvalue weighted by atomic mass is 9.96. The fraction of sp³-hybridized carbons (Fsp3) is 0.917. The molecule has 2 rings (SSSR count). The first-order valence-corrected chi connectivity index (χ1v) is 6.60. The second-order valence-corrected chi connectivity index (χ2v) is 5.94. The Bertz CT molecular complexity index is 240. The Morgan fingerprint density at radius 3 is 2.67 bits per heavy atom. The number of hydrogen-bond donors (Lipinski definition) is 2. The fourth-order valence-corrected chi connectivity index (χ4v) is 3.17. The van der Waals surface area contributed by atoms with Crippen molar-refractivity contribution < 1.29 is 0 Å². The molecule has 2 nitrogen and oxygen atoms in total. The van der Waals surface area contributed by atoms with Crippen molar-refractivity contribution in [3.05, 3.63) is 0 Å². The number of nitrogens with one attached hydrogen (secondary N) is 2. The van der Waals surface area contributed by atoms with E-state index in [1.54, 1.807) is 0 Å². The van der Waals surface area contributed by atoms with Crippen molar-refractivity contribution in [1.82, 2.24) is 10.6 Å². The normalized spacial score (nSPS) is 33.4. The largest absolute Gasteiger partial charge is 0.362 e. The van der Waals surface area contributed by atoms with Gasteiger partial charge in [0.25, 0.3) is 0 Å². The van der Waals surface area contributed by atoms with Gasteiger partial charge < -0.3 is 10.6 Å². The van der Waals surface area contributed by atoms with Crippen molar-refractivity contribution in [2.24, 2.45) is 17.8 Å². The number of hydrogen-bond acceptors (Lipinski definition) is 1. The predicted molar refractivity (Wildman–Crippen MR) is 67.8 cm³/mol. The summed E-state index contributed by atoms with van der Waals surface area (Å²) in [6.07, 6.45) is 5.64. The van der Waals surface area contributed by atoms with Crippen molar-refractivity contribution in [3.63, 3.8) is 0 Å². The van der Waals surface area contributed by atoms with Crippen molar-refractivity contribution in [1.29, 1.82) is 0 Å². The van der Waals surface area contributed by atoms with E-state index in [4.69, 9.17) is 12.2 Å². The molecule has 2 fully saturated rings. The van der Waals surface area contributed by atoms with E-state index in [-0.39, 0.29) is 0 Å². The molecule has 2 N–H and O–H groups in total. The molecular formula is C12H22N2S. The number of thiocarbonyl (C=S) groups is 1. The van der Waals surface area contributed by atoms with E-state index < -0.39 is 0 Å². The van der Waals surface area contributed by atoms with Gasteiger partial charge in [-0.1, -0.05) is 20.3 Å². The van der Waals surface area contributed by atoms with Crippen LogP contribution >= 0.6 is 12.2 Å². The molecule has 0 spiro atoms. The molecule has 3 unspecified atom stereocenters. The average Bonchev–Trinajstić information content (AvgIpc) is 2.76. The monoisotopic (exact) mass is 226 g/mol. The van der Waals surface area contributed by atoms with Crippen LogP contribution in [-0.2, 0) is 0 Å². The molecule has 0 radical (unpaired) electrons. The van der Waals surface area contributed by atoms with Crippen LogP contribution in [0.5, 0.6) is 0 Å². The van der Waals surface area contributed by atoms with Crippen LogP contribution in [0, 0.1) is 17.8 Å². The summed E-state index contributed by atoms with van der Waals surface area (Å²) in [6.45, 7) is 5.38. The van der Waals surface area contributed by atoms with Crippen molar-refractivity contribution >= 4 is 17.3 Å². The Hall–Kier alpha value is -0.310. The second kappa shape index (κ2) is 4.69. The van der Waals surface area contributed by atoms with Gasteiger partial charge in [-0.15, -0.1) is 0 Å². The lowest BCUT2D eigenvalue weighted by Crippen LogP contribution is -2.45. The molecule has 2 aliphatic carbocycles. The maximum Gasteiger partial charge on any atom is 0.166 e. The van der Waals surface area contributed by atoms with Crippen molar-refractivity contribution in [2.75, 3.05) is 6.54 Å². The summed E-state index contributed by atoms with van der Waals surface area (Å²) in [5.74, 6) is 2.54. The highest BCUT2D eigenvalue weighted by atomic mass is 32.1. The Morgan fingerprint density at radius 2 is 2.13 bits per heavy atom. The van der Waals surface area contributed by atoms with Gasteiger partial charge in [0.1, 0.15) is 0 Å². The van der Waals surface area contributed by atoms with Crippen LogP contribution in [0.25, 0.3) is 0 Å². The third kappa shape index (κ3) is 2.83. The van der Waals surface area contributed by atoms with E-state index >= 15 is 0 Å². The van der Waals surface area contributed by atoms with Crippen LogP contribution in [0.1, 0.15) is 39.5 Å². The molecule has 3 heteroatoms. The second-order valence-electron chi connectivity index (χ2n) is 5.53. The fourth-order valence-electron chi connectivity index (χ4n) is 2.94. The molecule has 0 aromatic heterocycles. The summed E-state index contributed by atoms with van der Waals surface area (Å²) < 4.78 is 0. The molecule has 2 saturated carbocycles. The molecule has 0 amide bonds. The lowest BCUT2D eigenvalue weighted by Gasteiger charge is -2.24. The van der Waals surface area contributed by atoms with E-state index in [0.717, 1.165) is 23.5 Å². The first kappa shape index (κ1) is 11.2. The molecule has 0 aromatic rings. The van der Waals surface area contributed by atoms with Gasteiger partial charge in [-0.2, -0.15) is 0 Å². The van der Waals surface area contributed by atoms with Gasteiger partial charge in [0.2, 0.25) is 0 Å². The zero-order chi connectivity index (χ0) is 10.8. The summed E-state index contributed by atoms with van der Waals surface area (Å²) in [6, 6.07) is 0.663. The smallest absolute Gasteiger partial charge is 0.166 e. The van der Waals surface area contributed by atoms with Crippen LogP contribution in [0.3, 0.4) is 0 Å². The van der Waals surface area contributed by atoms with Crippen LogP contribution in [0.2, 0.25) is 0 Å². The Morgan fingerprint density at radius 1 is 1.33 bits per heavy atom.